The Bertz CT molecular complexity index is 2430. The Labute approximate surface area is 305 Å². The summed E-state index contributed by atoms with van der Waals surface area (Å²) in [5.74, 6) is 6.48. The van der Waals surface area contributed by atoms with Gasteiger partial charge in [0.05, 0.1) is 0 Å². The molecule has 0 aliphatic heterocycles. The van der Waals surface area contributed by atoms with Crippen LogP contribution >= 0.6 is 11.3 Å². The van der Waals surface area contributed by atoms with Crippen LogP contribution < -0.4 is 4.40 Å². The van der Waals surface area contributed by atoms with Gasteiger partial charge in [-0.15, -0.1) is 23.8 Å². The molecule has 5 aromatic carbocycles. The fraction of sp³-hybridized carbons (Fsp3) is 0.163. The number of fused-ring (bicyclic) bond motifs is 7. The first-order valence-corrected chi connectivity index (χ1v) is 24.2. The second kappa shape index (κ2) is 14.1. The molecule has 8 aromatic rings. The van der Waals surface area contributed by atoms with Gasteiger partial charge in [0.1, 0.15) is 0 Å². The molecular weight excluding hydrogens is 841 g/mol. The number of benzene rings is 5. The first-order chi connectivity index (χ1) is 23.0. The van der Waals surface area contributed by atoms with Crippen molar-refractivity contribution in [3.8, 4) is 22.5 Å². The Morgan fingerprint density at radius 1 is 0.708 bits per heavy atom. The van der Waals surface area contributed by atoms with Crippen LogP contribution in [0.1, 0.15) is 32.2 Å². The van der Waals surface area contributed by atoms with Crippen LogP contribution in [0.4, 0.5) is 0 Å². The maximum absolute atomic E-state index is 8.42. The smallest absolute Gasteiger partial charge is 0 e. The van der Waals surface area contributed by atoms with Gasteiger partial charge in [-0.2, -0.15) is 11.3 Å². The predicted molar refractivity (Wildman–Crippen MR) is 207 cm³/mol. The number of nitrogens with zero attached hydrogens (tertiary/aromatic N) is 2. The van der Waals surface area contributed by atoms with E-state index in [9.17, 15) is 0 Å². The van der Waals surface area contributed by atoms with Crippen LogP contribution in [-0.2, 0) is 20.1 Å². The van der Waals surface area contributed by atoms with Gasteiger partial charge in [0, 0.05) is 32.4 Å². The van der Waals surface area contributed by atoms with Crippen molar-refractivity contribution in [2.45, 2.75) is 43.9 Å². The van der Waals surface area contributed by atoms with E-state index in [1.165, 1.54) is 51.7 Å². The third-order valence-corrected chi connectivity index (χ3v) is 14.3. The summed E-state index contributed by atoms with van der Waals surface area (Å²) in [6.45, 7) is 5.96. The van der Waals surface area contributed by atoms with Gasteiger partial charge in [-0.3, -0.25) is 0 Å². The van der Waals surface area contributed by atoms with E-state index in [1.54, 1.807) is 0 Å². The summed E-state index contributed by atoms with van der Waals surface area (Å²) in [4.78, 5) is 9.18. The number of aromatic nitrogens is 2. The molecule has 0 saturated carbocycles. The molecule has 0 atom stereocenters. The Morgan fingerprint density at radius 3 is 2.19 bits per heavy atom. The number of thiophene rings is 1. The summed E-state index contributed by atoms with van der Waals surface area (Å²) in [6, 6.07) is 42.8. The van der Waals surface area contributed by atoms with Crippen molar-refractivity contribution in [3.05, 3.63) is 139 Å². The van der Waals surface area contributed by atoms with Crippen molar-refractivity contribution in [1.82, 2.24) is 9.97 Å². The van der Waals surface area contributed by atoms with Gasteiger partial charge in [-0.25, -0.2) is 0 Å². The zero-order valence-corrected chi connectivity index (χ0v) is 33.4. The zero-order chi connectivity index (χ0) is 33.6. The molecule has 8 rings (SSSR count). The summed E-state index contributed by atoms with van der Waals surface area (Å²) in [5, 5.41) is 7.68. The fourth-order valence-electron chi connectivity index (χ4n) is 6.08. The molecular formula is C43H38GeIrN2S-2. The largest absolute Gasteiger partial charge is 0 e. The van der Waals surface area contributed by atoms with Crippen LogP contribution in [0.5, 0.6) is 0 Å². The number of pyridine rings is 2. The van der Waals surface area contributed by atoms with Crippen molar-refractivity contribution in [1.29, 1.82) is 0 Å². The molecule has 0 aliphatic carbocycles. The molecule has 3 aromatic heterocycles. The molecule has 48 heavy (non-hydrogen) atoms. The third kappa shape index (κ3) is 6.77. The van der Waals surface area contributed by atoms with E-state index < -0.39 is 19.2 Å². The van der Waals surface area contributed by atoms with E-state index in [4.69, 9.17) is 1.37 Å². The van der Waals surface area contributed by atoms with Crippen LogP contribution in [-0.4, -0.2) is 23.2 Å². The quantitative estimate of drug-likeness (QED) is 0.1000. The molecule has 0 amide bonds. The van der Waals surface area contributed by atoms with Crippen LogP contribution in [0.2, 0.25) is 17.3 Å². The summed E-state index contributed by atoms with van der Waals surface area (Å²) in [7, 11) is 0. The number of hydrogen-bond acceptors (Lipinski definition) is 3. The molecule has 3 heterocycles. The van der Waals surface area contributed by atoms with E-state index in [2.05, 4.69) is 107 Å². The van der Waals surface area contributed by atoms with Gasteiger partial charge in [-0.05, 0) is 56.2 Å². The summed E-state index contributed by atoms with van der Waals surface area (Å²) in [5.41, 5.74) is 6.21. The van der Waals surface area contributed by atoms with Gasteiger partial charge in [0.25, 0.3) is 0 Å². The van der Waals surface area contributed by atoms with Crippen molar-refractivity contribution >= 4 is 70.7 Å². The SMILES string of the molecule is [2H]C(C)(C)c1ccnc(-c2[c-]ccc3c2sc2c3ccc3c4ccc(C)cc4ccc32)c1.[CH3][Ge]([CH3])([CH3])[c]1ccc(-c2[c-]cccc2)nc1.[Ir]. The van der Waals surface area contributed by atoms with Gasteiger partial charge >= 0.3 is 99.8 Å². The summed E-state index contributed by atoms with van der Waals surface area (Å²) >= 11 is 0.104. The van der Waals surface area contributed by atoms with E-state index >= 15 is 0 Å². The predicted octanol–water partition coefficient (Wildman–Crippen LogP) is 11.7. The topological polar surface area (TPSA) is 25.8 Å². The normalized spacial score (nSPS) is 12.1. The standard InChI is InChI=1S/C29H22NS.C14H16GeN.Ir/c1-17(2)19-13-14-30-27(16-19)26-6-4-5-23-25-12-11-22-21-9-7-18(3)15-20(21)8-10-24(22)28(25)31-29(23)26;1-15(2,3)13-9-10-14(16-11-13)12-7-5-4-6-8-12;/h4-5,7-17H,1-3H3;4-7,9-11H,1-3H3;/q2*-1;/i17D;;. The molecule has 0 bridgehead atoms. The molecule has 0 aliphatic rings. The Balaban J connectivity index is 0.000000208. The van der Waals surface area contributed by atoms with E-state index in [0.29, 0.717) is 0 Å². The zero-order valence-electron chi connectivity index (χ0n) is 29.1. The van der Waals surface area contributed by atoms with Gasteiger partial charge in [0.15, 0.2) is 0 Å². The summed E-state index contributed by atoms with van der Waals surface area (Å²) < 4.78 is 12.4. The van der Waals surface area contributed by atoms with Crippen molar-refractivity contribution in [2.24, 2.45) is 0 Å². The molecule has 241 valence electrons. The average Bonchev–Trinajstić information content (AvgIpc) is 3.47. The van der Waals surface area contributed by atoms with Crippen molar-refractivity contribution < 1.29 is 21.5 Å². The Morgan fingerprint density at radius 2 is 1.46 bits per heavy atom. The Kier molecular flexibility index (Phi) is 9.62. The summed E-state index contributed by atoms with van der Waals surface area (Å²) in [6.07, 6.45) is 3.85. The third-order valence-electron chi connectivity index (χ3n) is 8.77. The molecule has 1 radical (unpaired) electrons. The number of aryl methyl sites for hydroxylation is 1. The molecule has 0 spiro atoms. The van der Waals surface area contributed by atoms with Crippen LogP contribution in [0.15, 0.2) is 116 Å². The minimum atomic E-state index is -1.72. The second-order valence-electron chi connectivity index (χ2n) is 13.4. The molecule has 0 fully saturated rings. The van der Waals surface area contributed by atoms with Gasteiger partial charge < -0.3 is 4.98 Å². The monoisotopic (exact) mass is 882 g/mol. The van der Waals surface area contributed by atoms with Gasteiger partial charge in [-0.1, -0.05) is 78.9 Å². The number of rotatable bonds is 4. The molecule has 0 N–H and O–H groups in total. The Hall–Kier alpha value is -3.67. The molecule has 0 saturated heterocycles. The molecule has 0 unspecified atom stereocenters. The first-order valence-electron chi connectivity index (χ1n) is 16.6. The van der Waals surface area contributed by atoms with Crippen LogP contribution in [0, 0.1) is 19.1 Å². The minimum Gasteiger partial charge on any atom is 0 e. The number of hydrogen-bond donors (Lipinski definition) is 0. The second-order valence-corrected chi connectivity index (χ2v) is 25.1. The van der Waals surface area contributed by atoms with E-state index in [1.807, 2.05) is 80.0 Å². The maximum Gasteiger partial charge on any atom is 0 e. The van der Waals surface area contributed by atoms with E-state index in [0.717, 1.165) is 28.1 Å². The first kappa shape index (κ1) is 32.9. The molecule has 2 nitrogen and oxygen atoms in total. The fourth-order valence-corrected chi connectivity index (χ4v) is 9.59. The maximum atomic E-state index is 8.42. The van der Waals surface area contributed by atoms with Crippen molar-refractivity contribution in [2.75, 3.05) is 0 Å². The van der Waals surface area contributed by atoms with Crippen LogP contribution in [0.3, 0.4) is 0 Å². The van der Waals surface area contributed by atoms with Gasteiger partial charge in [0.2, 0.25) is 0 Å². The van der Waals surface area contributed by atoms with E-state index in [-0.39, 0.29) is 20.1 Å². The molecule has 5 heteroatoms. The van der Waals surface area contributed by atoms with Crippen molar-refractivity contribution in [3.63, 3.8) is 0 Å². The van der Waals surface area contributed by atoms with Crippen LogP contribution in [0.25, 0.3) is 64.2 Å². The minimum absolute atomic E-state index is 0. The average molecular weight is 881 g/mol.